The van der Waals surface area contributed by atoms with E-state index < -0.39 is 11.6 Å². The Morgan fingerprint density at radius 1 is 1.53 bits per heavy atom. The minimum absolute atomic E-state index is 0.346. The first-order valence-corrected chi connectivity index (χ1v) is 6.34. The summed E-state index contributed by atoms with van der Waals surface area (Å²) in [6, 6.07) is 5.19. The van der Waals surface area contributed by atoms with E-state index in [0.717, 1.165) is 5.56 Å². The molecule has 0 bridgehead atoms. The van der Waals surface area contributed by atoms with Gasteiger partial charge in [0.05, 0.1) is 18.8 Å². The van der Waals surface area contributed by atoms with Crippen molar-refractivity contribution in [2.24, 2.45) is 0 Å². The lowest BCUT2D eigenvalue weighted by Gasteiger charge is -2.27. The van der Waals surface area contributed by atoms with Crippen LogP contribution in [0.3, 0.4) is 0 Å². The molecule has 0 saturated heterocycles. The van der Waals surface area contributed by atoms with Gasteiger partial charge >= 0.3 is 0 Å². The first-order valence-electron chi connectivity index (χ1n) is 5.96. The fourth-order valence-electron chi connectivity index (χ4n) is 1.87. The lowest BCUT2D eigenvalue weighted by atomic mass is 10.0. The van der Waals surface area contributed by atoms with Gasteiger partial charge in [0, 0.05) is 11.4 Å². The number of hydrogen-bond donors (Lipinski definition) is 3. The lowest BCUT2D eigenvalue weighted by molar-refractivity contribution is -0.130. The number of amides is 1. The molecule has 1 aromatic rings. The topological polar surface area (TPSA) is 78.8 Å². The third-order valence-corrected chi connectivity index (χ3v) is 3.35. The highest BCUT2D eigenvalue weighted by Crippen LogP contribution is 2.31. The summed E-state index contributed by atoms with van der Waals surface area (Å²) in [5, 5.41) is 21.5. The van der Waals surface area contributed by atoms with Crippen molar-refractivity contribution in [1.29, 1.82) is 0 Å². The van der Waals surface area contributed by atoms with Gasteiger partial charge in [-0.2, -0.15) is 0 Å². The quantitative estimate of drug-likeness (QED) is 0.753. The smallest absolute Gasteiger partial charge is 0.262 e. The molecule has 0 radical (unpaired) electrons. The van der Waals surface area contributed by atoms with E-state index in [-0.39, 0.29) is 19.1 Å². The van der Waals surface area contributed by atoms with Crippen LogP contribution in [0, 0.1) is 0 Å². The number of nitrogens with one attached hydrogen (secondary N) is 1. The highest BCUT2D eigenvalue weighted by molar-refractivity contribution is 6.30. The molecule has 19 heavy (non-hydrogen) atoms. The molecular weight excluding hydrogens is 270 g/mol. The molecule has 1 amide bonds. The molecule has 1 heterocycles. The number of fused-ring (bicyclic) bond motifs is 1. The van der Waals surface area contributed by atoms with Crippen molar-refractivity contribution in [2.45, 2.75) is 25.0 Å². The lowest BCUT2D eigenvalue weighted by Crippen LogP contribution is -2.55. The number of hydrogen-bond acceptors (Lipinski definition) is 4. The molecule has 1 aliphatic rings. The zero-order valence-corrected chi connectivity index (χ0v) is 11.3. The molecule has 1 atom stereocenters. The van der Waals surface area contributed by atoms with Gasteiger partial charge in [-0.1, -0.05) is 11.6 Å². The van der Waals surface area contributed by atoms with Gasteiger partial charge in [-0.3, -0.25) is 4.79 Å². The van der Waals surface area contributed by atoms with E-state index in [1.807, 2.05) is 0 Å². The number of aliphatic hydroxyl groups is 2. The molecule has 1 aromatic carbocycles. The summed E-state index contributed by atoms with van der Waals surface area (Å²) < 4.78 is 5.52. The minimum atomic E-state index is -1.05. The van der Waals surface area contributed by atoms with Crippen molar-refractivity contribution < 1.29 is 19.7 Å². The molecule has 104 valence electrons. The minimum Gasteiger partial charge on any atom is -0.480 e. The van der Waals surface area contributed by atoms with Gasteiger partial charge in [-0.25, -0.2) is 0 Å². The Balaban J connectivity index is 2.04. The first-order chi connectivity index (χ1) is 8.97. The van der Waals surface area contributed by atoms with Crippen LogP contribution in [-0.2, 0) is 11.2 Å². The molecule has 2 rings (SSSR count). The molecule has 0 saturated carbocycles. The zero-order valence-electron chi connectivity index (χ0n) is 10.5. The van der Waals surface area contributed by atoms with Crippen LogP contribution in [-0.4, -0.2) is 41.0 Å². The second kappa shape index (κ2) is 5.36. The Morgan fingerprint density at radius 2 is 2.21 bits per heavy atom. The van der Waals surface area contributed by atoms with E-state index in [9.17, 15) is 4.79 Å². The van der Waals surface area contributed by atoms with Crippen LogP contribution in [0.1, 0.15) is 12.5 Å². The van der Waals surface area contributed by atoms with Gasteiger partial charge < -0.3 is 20.3 Å². The Hall–Kier alpha value is -1.30. The van der Waals surface area contributed by atoms with Crippen LogP contribution in [0.2, 0.25) is 5.02 Å². The highest BCUT2D eigenvalue weighted by atomic mass is 35.5. The summed E-state index contributed by atoms with van der Waals surface area (Å²) in [7, 11) is 0. The van der Waals surface area contributed by atoms with Crippen LogP contribution in [0.15, 0.2) is 18.2 Å². The highest BCUT2D eigenvalue weighted by Gasteiger charge is 2.33. The molecule has 0 spiro atoms. The second-order valence-electron chi connectivity index (χ2n) is 4.93. The summed E-state index contributed by atoms with van der Waals surface area (Å²) >= 11 is 5.88. The maximum atomic E-state index is 12.0. The van der Waals surface area contributed by atoms with Crippen molar-refractivity contribution in [3.8, 4) is 5.75 Å². The third-order valence-electron chi connectivity index (χ3n) is 3.11. The Labute approximate surface area is 116 Å². The molecule has 1 aliphatic heterocycles. The summed E-state index contributed by atoms with van der Waals surface area (Å²) in [6.45, 7) is 0.866. The molecule has 3 N–H and O–H groups in total. The van der Waals surface area contributed by atoms with Crippen LogP contribution in [0.4, 0.5) is 0 Å². The standard InChI is InChI=1S/C13H16ClNO4/c1-13(6-16,7-17)15-12(18)11-5-8-4-9(14)2-3-10(8)19-11/h2-4,11,16-17H,5-7H2,1H3,(H,15,18). The number of carbonyl (C=O) groups is 1. The predicted octanol–water partition coefficient (Wildman–Crippen LogP) is 0.503. The number of aliphatic hydroxyl groups excluding tert-OH is 2. The summed E-state index contributed by atoms with van der Waals surface area (Å²) in [5.74, 6) is 0.275. The molecule has 5 nitrogen and oxygen atoms in total. The summed E-state index contributed by atoms with van der Waals surface area (Å²) in [6.07, 6.45) is -0.236. The van der Waals surface area contributed by atoms with Crippen LogP contribution in [0.25, 0.3) is 0 Å². The average molecular weight is 286 g/mol. The SMILES string of the molecule is CC(CO)(CO)NC(=O)C1Cc2cc(Cl)ccc2O1. The Kier molecular flexibility index (Phi) is 3.99. The number of ether oxygens (including phenoxy) is 1. The maximum Gasteiger partial charge on any atom is 0.262 e. The van der Waals surface area contributed by atoms with Crippen molar-refractivity contribution in [2.75, 3.05) is 13.2 Å². The molecule has 1 unspecified atom stereocenters. The van der Waals surface area contributed by atoms with E-state index in [0.29, 0.717) is 17.2 Å². The average Bonchev–Trinajstić information content (AvgIpc) is 2.81. The fraction of sp³-hybridized carbons (Fsp3) is 0.462. The zero-order chi connectivity index (χ0) is 14.0. The Bertz CT molecular complexity index is 488. The first kappa shape index (κ1) is 14.1. The van der Waals surface area contributed by atoms with Crippen LogP contribution >= 0.6 is 11.6 Å². The second-order valence-corrected chi connectivity index (χ2v) is 5.37. The van der Waals surface area contributed by atoms with Crippen molar-refractivity contribution in [1.82, 2.24) is 5.32 Å². The fourth-order valence-corrected chi connectivity index (χ4v) is 2.07. The number of carbonyl (C=O) groups excluding carboxylic acids is 1. The third kappa shape index (κ3) is 3.00. The monoisotopic (exact) mass is 285 g/mol. The van der Waals surface area contributed by atoms with Gasteiger partial charge in [0.25, 0.3) is 5.91 Å². The summed E-state index contributed by atoms with van der Waals surface area (Å²) in [4.78, 5) is 12.0. The van der Waals surface area contributed by atoms with Gasteiger partial charge in [0.2, 0.25) is 0 Å². The maximum absolute atomic E-state index is 12.0. The molecular formula is C13H16ClNO4. The van der Waals surface area contributed by atoms with Crippen molar-refractivity contribution in [3.05, 3.63) is 28.8 Å². The van der Waals surface area contributed by atoms with E-state index in [4.69, 9.17) is 26.6 Å². The number of halogens is 1. The van der Waals surface area contributed by atoms with E-state index in [1.165, 1.54) is 0 Å². The van der Waals surface area contributed by atoms with Crippen molar-refractivity contribution >= 4 is 17.5 Å². The van der Waals surface area contributed by atoms with Gasteiger partial charge in [-0.05, 0) is 30.7 Å². The predicted molar refractivity (Wildman–Crippen MR) is 70.3 cm³/mol. The van der Waals surface area contributed by atoms with Gasteiger partial charge in [-0.15, -0.1) is 0 Å². The molecule has 0 aliphatic carbocycles. The van der Waals surface area contributed by atoms with Crippen LogP contribution in [0.5, 0.6) is 5.75 Å². The Morgan fingerprint density at radius 3 is 2.84 bits per heavy atom. The molecule has 0 fully saturated rings. The largest absolute Gasteiger partial charge is 0.480 e. The molecule has 0 aromatic heterocycles. The van der Waals surface area contributed by atoms with E-state index in [1.54, 1.807) is 25.1 Å². The number of rotatable bonds is 4. The van der Waals surface area contributed by atoms with Crippen molar-refractivity contribution in [3.63, 3.8) is 0 Å². The van der Waals surface area contributed by atoms with E-state index in [2.05, 4.69) is 5.32 Å². The van der Waals surface area contributed by atoms with Crippen LogP contribution < -0.4 is 10.1 Å². The normalized spacial score (nSPS) is 17.8. The van der Waals surface area contributed by atoms with E-state index >= 15 is 0 Å². The molecule has 6 heteroatoms. The van der Waals surface area contributed by atoms with Gasteiger partial charge in [0.1, 0.15) is 5.75 Å². The number of benzene rings is 1. The summed E-state index contributed by atoms with van der Waals surface area (Å²) in [5.41, 5.74) is -0.172. The van der Waals surface area contributed by atoms with Gasteiger partial charge in [0.15, 0.2) is 6.10 Å².